The number of halogens is 1. The number of aromatic nitrogens is 1. The van der Waals surface area contributed by atoms with Crippen LogP contribution in [0.2, 0.25) is 0 Å². The molecule has 184 valence electrons. The maximum atomic E-state index is 14.4. The van der Waals surface area contributed by atoms with Gasteiger partial charge in [0, 0.05) is 13.6 Å². The highest BCUT2D eigenvalue weighted by Gasteiger charge is 2.58. The first-order valence-electron chi connectivity index (χ1n) is 9.39. The third-order valence-electron chi connectivity index (χ3n) is 4.88. The summed E-state index contributed by atoms with van der Waals surface area (Å²) in [5.41, 5.74) is -0.500. The number of fused-ring (bicyclic) bond motifs is 1. The summed E-state index contributed by atoms with van der Waals surface area (Å²) in [4.78, 5) is 59.4. The lowest BCUT2D eigenvalue weighted by Gasteiger charge is -2.29. The van der Waals surface area contributed by atoms with Gasteiger partial charge in [0.15, 0.2) is 5.75 Å². The monoisotopic (exact) mass is 512 g/mol. The van der Waals surface area contributed by atoms with Gasteiger partial charge in [-0.1, -0.05) is 6.42 Å². The Morgan fingerprint density at radius 1 is 1.15 bits per heavy atom. The second-order valence-electron chi connectivity index (χ2n) is 7.25. The van der Waals surface area contributed by atoms with Gasteiger partial charge >= 0.3 is 21.3 Å². The molecule has 0 amide bonds. The summed E-state index contributed by atoms with van der Waals surface area (Å²) in [5, 5.41) is 17.7. The summed E-state index contributed by atoms with van der Waals surface area (Å²) in [6, 6.07) is 2.26. The van der Waals surface area contributed by atoms with Gasteiger partial charge in [0.2, 0.25) is 5.43 Å². The number of rotatable bonds is 10. The lowest BCUT2D eigenvalue weighted by Crippen LogP contribution is -2.28. The Morgan fingerprint density at radius 3 is 2.30 bits per heavy atom. The Balaban J connectivity index is 2.05. The molecule has 16 heteroatoms. The van der Waals surface area contributed by atoms with E-state index in [1.165, 1.54) is 17.7 Å². The lowest BCUT2D eigenvalue weighted by molar-refractivity contribution is 0.120. The molecule has 0 unspecified atom stereocenters. The van der Waals surface area contributed by atoms with Gasteiger partial charge in [0.25, 0.3) is 5.08 Å². The average molecular weight is 512 g/mol. The number of nitrogens with one attached hydrogen (secondary N) is 1. The Labute approximate surface area is 185 Å². The molecule has 0 aliphatic carbocycles. The number of aryl methyl sites for hydroxylation is 1. The topological polar surface area (TPSA) is 216 Å². The van der Waals surface area contributed by atoms with E-state index in [4.69, 9.17) is 24.7 Å². The minimum absolute atomic E-state index is 0.0198. The normalized spacial score (nSPS) is 12.7. The van der Waals surface area contributed by atoms with E-state index in [2.05, 4.69) is 10.1 Å². The molecular weight excluding hydrogens is 489 g/mol. The number of carboxylic acid groups (broad SMARTS) is 1. The highest BCUT2D eigenvalue weighted by atomic mass is 31.2. The van der Waals surface area contributed by atoms with Crippen LogP contribution in [0, 0.1) is 5.82 Å². The zero-order valence-corrected chi connectivity index (χ0v) is 19.0. The molecule has 13 nitrogen and oxygen atoms in total. The largest absolute Gasteiger partial charge is 0.511 e. The van der Waals surface area contributed by atoms with Crippen LogP contribution in [-0.4, -0.2) is 52.1 Å². The molecule has 0 radical (unpaired) electrons. The molecule has 0 spiro atoms. The van der Waals surface area contributed by atoms with E-state index in [9.17, 15) is 28.2 Å². The number of unbranched alkanes of at least 4 members (excludes halogenated alkanes) is 2. The molecule has 2 aromatic rings. The first-order chi connectivity index (χ1) is 15.1. The average Bonchev–Trinajstić information content (AvgIpc) is 2.66. The number of anilines is 1. The first kappa shape index (κ1) is 26.9. The molecule has 0 bridgehead atoms. The lowest BCUT2D eigenvalue weighted by atomic mass is 10.1. The van der Waals surface area contributed by atoms with E-state index in [1.807, 2.05) is 0 Å². The number of hydrogen-bond acceptors (Lipinski definition) is 7. The molecule has 0 aliphatic rings. The Morgan fingerprint density at radius 2 is 1.76 bits per heavy atom. The molecule has 7 N–H and O–H groups in total. The Kier molecular flexibility index (Phi) is 8.08. The second-order valence-corrected chi connectivity index (χ2v) is 11.3. The molecule has 0 aliphatic heterocycles. The van der Waals surface area contributed by atoms with Gasteiger partial charge < -0.3 is 44.4 Å². The minimum Gasteiger partial charge on any atom is -0.449 e. The molecule has 33 heavy (non-hydrogen) atoms. The molecule has 1 aromatic carbocycles. The number of pyridine rings is 1. The van der Waals surface area contributed by atoms with Crippen molar-refractivity contribution in [3.63, 3.8) is 0 Å². The fraction of sp³-hybridized carbons (Fsp3) is 0.412. The molecular formula is C17H23FN2O11P2. The zero-order valence-electron chi connectivity index (χ0n) is 17.2. The van der Waals surface area contributed by atoms with Gasteiger partial charge in [0.05, 0.1) is 22.8 Å². The number of nitrogens with zero attached hydrogens (tertiary/aromatic N) is 1. The molecule has 2 rings (SSSR count). The van der Waals surface area contributed by atoms with E-state index in [-0.39, 0.29) is 36.0 Å². The summed E-state index contributed by atoms with van der Waals surface area (Å²) >= 11 is 0. The van der Waals surface area contributed by atoms with Crippen LogP contribution >= 0.6 is 15.2 Å². The maximum Gasteiger partial charge on any atom is 0.511 e. The van der Waals surface area contributed by atoms with E-state index in [0.29, 0.717) is 6.42 Å². The molecule has 0 atom stereocenters. The third-order valence-corrected chi connectivity index (χ3v) is 8.76. The molecule has 1 heterocycles. The van der Waals surface area contributed by atoms with Crippen molar-refractivity contribution in [1.82, 2.24) is 4.57 Å². The second kappa shape index (κ2) is 9.90. The summed E-state index contributed by atoms with van der Waals surface area (Å²) in [6.07, 6.45) is -1.03. The van der Waals surface area contributed by atoms with Gasteiger partial charge in [-0.15, -0.1) is 0 Å². The molecule has 0 fully saturated rings. The summed E-state index contributed by atoms with van der Waals surface area (Å²) in [5.74, 6) is -1.28. The molecule has 0 saturated heterocycles. The first-order valence-corrected chi connectivity index (χ1v) is 12.6. The van der Waals surface area contributed by atoms with Crippen LogP contribution in [0.5, 0.6) is 5.75 Å². The molecule has 1 aromatic heterocycles. The van der Waals surface area contributed by atoms with Crippen molar-refractivity contribution in [2.75, 3.05) is 11.9 Å². The van der Waals surface area contributed by atoms with Crippen LogP contribution < -0.4 is 15.5 Å². The standard InChI is InChI=1S/C17H23FN2O11P2/c1-20-9-14(31-16(22)23)15(21)10-7-11(18)12(8-13(10)20)19-6-4-2-3-5-17(24,32(25,26)27)33(28,29)30/h7-9,19,24H,2-6H2,1H3,(H,22,23)(H2,25,26,27)(H2,28,29,30). The van der Waals surface area contributed by atoms with Gasteiger partial charge in [-0.05, 0) is 31.4 Å². The predicted molar refractivity (Wildman–Crippen MR) is 114 cm³/mol. The fourth-order valence-electron chi connectivity index (χ4n) is 3.12. The molecule has 0 saturated carbocycles. The van der Waals surface area contributed by atoms with Crippen molar-refractivity contribution in [2.24, 2.45) is 7.05 Å². The predicted octanol–water partition coefficient (Wildman–Crippen LogP) is 1.71. The van der Waals surface area contributed by atoms with Gasteiger partial charge in [0.1, 0.15) is 5.82 Å². The summed E-state index contributed by atoms with van der Waals surface area (Å²) in [6.45, 7) is 0.154. The SMILES string of the molecule is Cn1cc(OC(=O)O)c(=O)c2cc(F)c(NCCCCCC(O)(P(=O)(O)O)P(=O)(O)O)cc21. The fourth-order valence-corrected chi connectivity index (χ4v) is 5.38. The van der Waals surface area contributed by atoms with Crippen molar-refractivity contribution < 1.29 is 52.8 Å². The number of carbonyl (C=O) groups is 1. The van der Waals surface area contributed by atoms with E-state index >= 15 is 0 Å². The van der Waals surface area contributed by atoms with Crippen LogP contribution in [0.4, 0.5) is 14.9 Å². The Hall–Kier alpha value is -2.31. The van der Waals surface area contributed by atoms with Gasteiger partial charge in [-0.3, -0.25) is 13.9 Å². The zero-order chi connectivity index (χ0) is 25.2. The number of ether oxygens (including phenoxy) is 1. The maximum absolute atomic E-state index is 14.4. The van der Waals surface area contributed by atoms with Gasteiger partial charge in [-0.2, -0.15) is 0 Å². The smallest absolute Gasteiger partial charge is 0.449 e. The Bertz CT molecular complexity index is 1180. The minimum atomic E-state index is -5.51. The van der Waals surface area contributed by atoms with Crippen LogP contribution in [0.15, 0.2) is 23.1 Å². The van der Waals surface area contributed by atoms with Crippen molar-refractivity contribution in [3.8, 4) is 5.75 Å². The third kappa shape index (κ3) is 5.98. The number of aliphatic hydroxyl groups is 1. The van der Waals surface area contributed by atoms with Crippen LogP contribution in [0.3, 0.4) is 0 Å². The highest BCUT2D eigenvalue weighted by molar-refractivity contribution is 7.72. The van der Waals surface area contributed by atoms with Crippen LogP contribution in [-0.2, 0) is 16.2 Å². The van der Waals surface area contributed by atoms with Crippen LogP contribution in [0.25, 0.3) is 10.9 Å². The van der Waals surface area contributed by atoms with Crippen molar-refractivity contribution >= 4 is 37.9 Å². The van der Waals surface area contributed by atoms with Crippen molar-refractivity contribution in [1.29, 1.82) is 0 Å². The summed E-state index contributed by atoms with van der Waals surface area (Å²) in [7, 11) is -9.51. The number of benzene rings is 1. The van der Waals surface area contributed by atoms with Crippen molar-refractivity contribution in [2.45, 2.75) is 30.8 Å². The summed E-state index contributed by atoms with van der Waals surface area (Å²) < 4.78 is 42.8. The number of hydrogen-bond donors (Lipinski definition) is 7. The highest BCUT2D eigenvalue weighted by Crippen LogP contribution is 2.69. The van der Waals surface area contributed by atoms with E-state index < -0.39 is 49.8 Å². The van der Waals surface area contributed by atoms with E-state index in [1.54, 1.807) is 0 Å². The van der Waals surface area contributed by atoms with E-state index in [0.717, 1.165) is 12.3 Å². The van der Waals surface area contributed by atoms with Gasteiger partial charge in [-0.25, -0.2) is 9.18 Å². The van der Waals surface area contributed by atoms with Crippen molar-refractivity contribution in [3.05, 3.63) is 34.4 Å². The van der Waals surface area contributed by atoms with Crippen LogP contribution in [0.1, 0.15) is 25.7 Å². The quantitative estimate of drug-likeness (QED) is 0.138.